The summed E-state index contributed by atoms with van der Waals surface area (Å²) in [5.74, 6) is -1.26. The van der Waals surface area contributed by atoms with Crippen LogP contribution in [0.15, 0.2) is 18.2 Å². The van der Waals surface area contributed by atoms with E-state index in [1.165, 1.54) is 19.1 Å². The summed E-state index contributed by atoms with van der Waals surface area (Å²) in [6.07, 6.45) is 2.94. The number of anilines is 1. The van der Waals surface area contributed by atoms with Crippen molar-refractivity contribution >= 4 is 23.3 Å². The van der Waals surface area contributed by atoms with Gasteiger partial charge >= 0.3 is 5.97 Å². The van der Waals surface area contributed by atoms with Gasteiger partial charge in [0.1, 0.15) is 5.56 Å². The lowest BCUT2D eigenvalue weighted by Crippen LogP contribution is -2.41. The van der Waals surface area contributed by atoms with Gasteiger partial charge in [-0.1, -0.05) is 12.8 Å². The first kappa shape index (κ1) is 20.1. The summed E-state index contributed by atoms with van der Waals surface area (Å²) in [4.78, 5) is 37.6. The predicted octanol–water partition coefficient (Wildman–Crippen LogP) is 2.04. The Hall–Kier alpha value is -2.68. The molecule has 1 amide bonds. The highest BCUT2D eigenvalue weighted by Crippen LogP contribution is 2.27. The summed E-state index contributed by atoms with van der Waals surface area (Å²) < 4.78 is 10.6. The van der Waals surface area contributed by atoms with E-state index in [0.29, 0.717) is 32.0 Å². The first-order chi connectivity index (χ1) is 13.5. The zero-order valence-corrected chi connectivity index (χ0v) is 15.9. The minimum absolute atomic E-state index is 0.104. The second-order valence-electron chi connectivity index (χ2n) is 7.10. The molecule has 1 saturated carbocycles. The van der Waals surface area contributed by atoms with Crippen molar-refractivity contribution in [1.29, 1.82) is 0 Å². The van der Waals surface area contributed by atoms with E-state index in [-0.39, 0.29) is 23.2 Å². The molecule has 0 spiro atoms. The molecule has 1 N–H and O–H groups in total. The average molecular weight is 391 g/mol. The molecule has 1 aliphatic carbocycles. The van der Waals surface area contributed by atoms with Gasteiger partial charge in [-0.05, 0) is 31.9 Å². The van der Waals surface area contributed by atoms with E-state index in [1.54, 1.807) is 6.07 Å². The third kappa shape index (κ3) is 4.78. The molecule has 1 heterocycles. The second-order valence-corrected chi connectivity index (χ2v) is 7.10. The number of hydrogen-bond donors (Lipinski definition) is 1. The number of hydrogen-bond acceptors (Lipinski definition) is 7. The normalized spacial score (nSPS) is 18.5. The SMILES string of the molecule is C[C@H](OC(=O)c1cc(N2CCOCC2)ccc1[N+](=O)[O-])C(=O)NC1CCCC1. The molecule has 9 heteroatoms. The van der Waals surface area contributed by atoms with E-state index >= 15 is 0 Å². The summed E-state index contributed by atoms with van der Waals surface area (Å²) >= 11 is 0. The molecule has 2 fully saturated rings. The molecule has 1 aromatic rings. The van der Waals surface area contributed by atoms with Crippen LogP contribution < -0.4 is 10.2 Å². The van der Waals surface area contributed by atoms with E-state index in [2.05, 4.69) is 5.32 Å². The molecular weight excluding hydrogens is 366 g/mol. The van der Waals surface area contributed by atoms with Crippen molar-refractivity contribution in [1.82, 2.24) is 5.32 Å². The second kappa shape index (κ2) is 9.01. The number of ether oxygens (including phenoxy) is 2. The topological polar surface area (TPSA) is 111 Å². The number of benzene rings is 1. The van der Waals surface area contributed by atoms with Crippen LogP contribution >= 0.6 is 0 Å². The molecule has 0 bridgehead atoms. The van der Waals surface area contributed by atoms with Crippen molar-refractivity contribution in [3.8, 4) is 0 Å². The third-order valence-corrected chi connectivity index (χ3v) is 5.13. The maximum Gasteiger partial charge on any atom is 0.346 e. The largest absolute Gasteiger partial charge is 0.449 e. The Morgan fingerprint density at radius 3 is 2.61 bits per heavy atom. The summed E-state index contributed by atoms with van der Waals surface area (Å²) in [6.45, 7) is 3.84. The Bertz CT molecular complexity index is 741. The summed E-state index contributed by atoms with van der Waals surface area (Å²) in [5.41, 5.74) is 0.184. The highest BCUT2D eigenvalue weighted by atomic mass is 16.6. The van der Waals surface area contributed by atoms with Crippen molar-refractivity contribution in [3.63, 3.8) is 0 Å². The molecule has 3 rings (SSSR count). The first-order valence-corrected chi connectivity index (χ1v) is 9.58. The maximum absolute atomic E-state index is 12.6. The van der Waals surface area contributed by atoms with E-state index in [0.717, 1.165) is 25.7 Å². The number of morpholine rings is 1. The number of nitrogens with zero attached hydrogens (tertiary/aromatic N) is 2. The summed E-state index contributed by atoms with van der Waals surface area (Å²) in [5, 5.41) is 14.2. The van der Waals surface area contributed by atoms with Gasteiger partial charge in [-0.3, -0.25) is 14.9 Å². The lowest BCUT2D eigenvalue weighted by Gasteiger charge is -2.29. The van der Waals surface area contributed by atoms with Gasteiger partial charge in [0.15, 0.2) is 6.10 Å². The molecule has 0 unspecified atom stereocenters. The van der Waals surface area contributed by atoms with E-state index in [9.17, 15) is 19.7 Å². The van der Waals surface area contributed by atoms with Crippen LogP contribution in [0.5, 0.6) is 0 Å². The molecule has 0 radical (unpaired) electrons. The fourth-order valence-electron chi connectivity index (χ4n) is 3.53. The van der Waals surface area contributed by atoms with Crippen molar-refractivity contribution in [2.45, 2.75) is 44.8 Å². The van der Waals surface area contributed by atoms with Crippen molar-refractivity contribution in [2.24, 2.45) is 0 Å². The van der Waals surface area contributed by atoms with Crippen LogP contribution in [-0.4, -0.2) is 55.2 Å². The fourth-order valence-corrected chi connectivity index (χ4v) is 3.53. The molecule has 9 nitrogen and oxygen atoms in total. The Morgan fingerprint density at radius 2 is 1.96 bits per heavy atom. The van der Waals surface area contributed by atoms with Crippen LogP contribution in [0.2, 0.25) is 0 Å². The number of rotatable bonds is 6. The van der Waals surface area contributed by atoms with Crippen LogP contribution in [0.1, 0.15) is 43.0 Å². The molecule has 2 aliphatic rings. The van der Waals surface area contributed by atoms with Crippen LogP contribution in [0.4, 0.5) is 11.4 Å². The lowest BCUT2D eigenvalue weighted by atomic mass is 10.1. The number of carbonyl (C=O) groups is 2. The van der Waals surface area contributed by atoms with Gasteiger partial charge in [0, 0.05) is 30.9 Å². The fraction of sp³-hybridized carbons (Fsp3) is 0.579. The Labute approximate surface area is 163 Å². The molecule has 1 saturated heterocycles. The summed E-state index contributed by atoms with van der Waals surface area (Å²) in [6, 6.07) is 4.46. The quantitative estimate of drug-likeness (QED) is 0.449. The number of nitro benzene ring substituents is 1. The standard InChI is InChI=1S/C19H25N3O6/c1-13(18(23)20-14-4-2-3-5-14)28-19(24)16-12-15(6-7-17(16)22(25)26)21-8-10-27-11-9-21/h6-7,12-14H,2-5,8-11H2,1H3,(H,20,23)/t13-/m0/s1. The van der Waals surface area contributed by atoms with Gasteiger partial charge in [0.05, 0.1) is 18.1 Å². The highest BCUT2D eigenvalue weighted by Gasteiger charge is 2.28. The van der Waals surface area contributed by atoms with Crippen LogP contribution in [0, 0.1) is 10.1 Å². The average Bonchev–Trinajstić information content (AvgIpc) is 3.21. The zero-order valence-electron chi connectivity index (χ0n) is 15.9. The van der Waals surface area contributed by atoms with Crippen LogP contribution in [-0.2, 0) is 14.3 Å². The monoisotopic (exact) mass is 391 g/mol. The van der Waals surface area contributed by atoms with Crippen LogP contribution in [0.3, 0.4) is 0 Å². The minimum Gasteiger partial charge on any atom is -0.449 e. The number of nitrogens with one attached hydrogen (secondary N) is 1. The van der Waals surface area contributed by atoms with E-state index < -0.39 is 17.0 Å². The van der Waals surface area contributed by atoms with Gasteiger partial charge in [0.25, 0.3) is 11.6 Å². The van der Waals surface area contributed by atoms with Crippen LogP contribution in [0.25, 0.3) is 0 Å². The summed E-state index contributed by atoms with van der Waals surface area (Å²) in [7, 11) is 0. The first-order valence-electron chi connectivity index (χ1n) is 9.58. The number of esters is 1. The van der Waals surface area contributed by atoms with Gasteiger partial charge in [-0.15, -0.1) is 0 Å². The van der Waals surface area contributed by atoms with Gasteiger partial charge in [0.2, 0.25) is 0 Å². The Morgan fingerprint density at radius 1 is 1.29 bits per heavy atom. The van der Waals surface area contributed by atoms with Crippen molar-refractivity contribution in [3.05, 3.63) is 33.9 Å². The molecule has 0 aromatic heterocycles. The van der Waals surface area contributed by atoms with Crippen molar-refractivity contribution < 1.29 is 24.0 Å². The predicted molar refractivity (Wildman–Crippen MR) is 101 cm³/mol. The zero-order chi connectivity index (χ0) is 20.1. The Kier molecular flexibility index (Phi) is 6.45. The molecule has 1 aliphatic heterocycles. The number of nitro groups is 1. The maximum atomic E-state index is 12.6. The van der Waals surface area contributed by atoms with Gasteiger partial charge in [-0.2, -0.15) is 0 Å². The molecule has 1 aromatic carbocycles. The van der Waals surface area contributed by atoms with E-state index in [4.69, 9.17) is 9.47 Å². The number of amides is 1. The molecule has 28 heavy (non-hydrogen) atoms. The highest BCUT2D eigenvalue weighted by molar-refractivity contribution is 5.97. The lowest BCUT2D eigenvalue weighted by molar-refractivity contribution is -0.385. The Balaban J connectivity index is 1.72. The van der Waals surface area contributed by atoms with Gasteiger partial charge in [-0.25, -0.2) is 4.79 Å². The van der Waals surface area contributed by atoms with Gasteiger partial charge < -0.3 is 19.7 Å². The van der Waals surface area contributed by atoms with E-state index in [1.807, 2.05) is 4.90 Å². The molecule has 1 atom stereocenters. The molecular formula is C19H25N3O6. The number of carbonyl (C=O) groups excluding carboxylic acids is 2. The van der Waals surface area contributed by atoms with Crippen molar-refractivity contribution in [2.75, 3.05) is 31.2 Å². The smallest absolute Gasteiger partial charge is 0.346 e. The molecule has 152 valence electrons. The third-order valence-electron chi connectivity index (χ3n) is 5.13. The minimum atomic E-state index is -1.03.